The summed E-state index contributed by atoms with van der Waals surface area (Å²) in [5, 5.41) is 4.48. The van der Waals surface area contributed by atoms with Crippen LogP contribution in [-0.4, -0.2) is 28.3 Å². The number of pyridine rings is 2. The molecule has 0 N–H and O–H groups in total. The van der Waals surface area contributed by atoms with E-state index < -0.39 is 18.3 Å². The number of hydrogen-bond acceptors (Lipinski definition) is 4. The van der Waals surface area contributed by atoms with Crippen LogP contribution in [0.4, 0.5) is 0 Å². The molecular formula is C40H33BN2O2. The topological polar surface area (TPSA) is 44.2 Å². The molecule has 218 valence electrons. The number of hydrogen-bond donors (Lipinski definition) is 0. The first-order valence-electron chi connectivity index (χ1n) is 15.5. The summed E-state index contributed by atoms with van der Waals surface area (Å²) in [5.74, 6) is 0. The Labute approximate surface area is 263 Å². The molecule has 0 radical (unpaired) electrons. The molecule has 1 aliphatic rings. The molecule has 0 aliphatic carbocycles. The average Bonchev–Trinajstić information content (AvgIpc) is 3.29. The highest BCUT2D eigenvalue weighted by Crippen LogP contribution is 2.38. The molecular weight excluding hydrogens is 551 g/mol. The summed E-state index contributed by atoms with van der Waals surface area (Å²) in [4.78, 5) is 10.2. The molecule has 2 aromatic heterocycles. The van der Waals surface area contributed by atoms with Crippen LogP contribution in [0, 0.1) is 0 Å². The molecule has 0 saturated carbocycles. The molecule has 1 aliphatic heterocycles. The first-order valence-corrected chi connectivity index (χ1v) is 15.5. The van der Waals surface area contributed by atoms with Crippen molar-refractivity contribution in [3.63, 3.8) is 0 Å². The van der Waals surface area contributed by atoms with Crippen molar-refractivity contribution in [1.29, 1.82) is 0 Å². The fourth-order valence-corrected chi connectivity index (χ4v) is 6.27. The van der Waals surface area contributed by atoms with Crippen LogP contribution in [0.5, 0.6) is 0 Å². The summed E-state index contributed by atoms with van der Waals surface area (Å²) >= 11 is 0. The van der Waals surface area contributed by atoms with Gasteiger partial charge in [-0.05, 0) is 67.2 Å². The van der Waals surface area contributed by atoms with Gasteiger partial charge in [-0.3, -0.25) is 0 Å². The number of benzene rings is 5. The number of fused-ring (bicyclic) bond motifs is 4. The van der Waals surface area contributed by atoms with Gasteiger partial charge >= 0.3 is 7.12 Å². The first kappa shape index (κ1) is 27.7. The van der Waals surface area contributed by atoms with Crippen LogP contribution in [0.3, 0.4) is 0 Å². The second-order valence-electron chi connectivity index (χ2n) is 12.9. The fourth-order valence-electron chi connectivity index (χ4n) is 6.27. The van der Waals surface area contributed by atoms with Crippen LogP contribution in [0.25, 0.3) is 66.2 Å². The summed E-state index contributed by atoms with van der Waals surface area (Å²) < 4.78 is 12.8. The normalized spacial score (nSPS) is 15.7. The van der Waals surface area contributed by atoms with Crippen molar-refractivity contribution in [2.24, 2.45) is 0 Å². The van der Waals surface area contributed by atoms with Crippen molar-refractivity contribution >= 4 is 45.2 Å². The molecule has 0 unspecified atom stereocenters. The van der Waals surface area contributed by atoms with Gasteiger partial charge in [0.15, 0.2) is 0 Å². The highest BCUT2D eigenvalue weighted by molar-refractivity contribution is 6.65. The Morgan fingerprint density at radius 1 is 0.467 bits per heavy atom. The maximum absolute atomic E-state index is 6.42. The van der Waals surface area contributed by atoms with Gasteiger partial charge < -0.3 is 9.31 Å². The molecule has 1 saturated heterocycles. The van der Waals surface area contributed by atoms with Crippen LogP contribution in [0.1, 0.15) is 27.7 Å². The zero-order valence-electron chi connectivity index (χ0n) is 25.9. The van der Waals surface area contributed by atoms with Crippen molar-refractivity contribution in [2.45, 2.75) is 38.9 Å². The van der Waals surface area contributed by atoms with E-state index in [1.54, 1.807) is 0 Å². The molecule has 0 atom stereocenters. The van der Waals surface area contributed by atoms with E-state index in [1.807, 2.05) is 18.2 Å². The van der Waals surface area contributed by atoms with Gasteiger partial charge in [0.25, 0.3) is 0 Å². The first-order chi connectivity index (χ1) is 21.8. The lowest BCUT2D eigenvalue weighted by atomic mass is 9.75. The number of nitrogens with zero attached hydrogens (tertiary/aromatic N) is 2. The van der Waals surface area contributed by atoms with Crippen molar-refractivity contribution in [3.8, 4) is 33.6 Å². The zero-order chi connectivity index (χ0) is 30.8. The SMILES string of the molecule is CC1(C)OB(c2ccc(-c3ccc(-c4ccc5ccc6ccc(-c7ccccc7)nc6c5n4)cc3)c3ccccc23)OC1(C)C. The number of aromatic nitrogens is 2. The van der Waals surface area contributed by atoms with E-state index in [4.69, 9.17) is 19.3 Å². The summed E-state index contributed by atoms with van der Waals surface area (Å²) in [6, 6.07) is 44.5. The molecule has 0 amide bonds. The van der Waals surface area contributed by atoms with Gasteiger partial charge in [-0.1, -0.05) is 115 Å². The van der Waals surface area contributed by atoms with E-state index in [-0.39, 0.29) is 0 Å². The van der Waals surface area contributed by atoms with E-state index in [0.29, 0.717) is 0 Å². The Hall–Kier alpha value is -4.84. The maximum Gasteiger partial charge on any atom is 0.495 e. The summed E-state index contributed by atoms with van der Waals surface area (Å²) in [7, 11) is -0.412. The van der Waals surface area contributed by atoms with E-state index in [0.717, 1.165) is 60.7 Å². The van der Waals surface area contributed by atoms with E-state index in [2.05, 4.69) is 137 Å². The Bertz CT molecular complexity index is 2210. The molecule has 7 aromatic rings. The predicted molar refractivity (Wildman–Crippen MR) is 187 cm³/mol. The molecule has 5 heteroatoms. The Morgan fingerprint density at radius 2 is 0.956 bits per heavy atom. The molecule has 3 heterocycles. The van der Waals surface area contributed by atoms with Gasteiger partial charge in [-0.15, -0.1) is 0 Å². The summed E-state index contributed by atoms with van der Waals surface area (Å²) in [6.07, 6.45) is 0. The summed E-state index contributed by atoms with van der Waals surface area (Å²) in [5.41, 5.74) is 8.46. The third kappa shape index (κ3) is 4.71. The lowest BCUT2D eigenvalue weighted by molar-refractivity contribution is 0.00578. The fraction of sp³-hybridized carbons (Fsp3) is 0.150. The summed E-state index contributed by atoms with van der Waals surface area (Å²) in [6.45, 7) is 8.37. The zero-order valence-corrected chi connectivity index (χ0v) is 25.9. The second-order valence-corrected chi connectivity index (χ2v) is 12.9. The van der Waals surface area contributed by atoms with Gasteiger partial charge in [0.2, 0.25) is 0 Å². The maximum atomic E-state index is 6.42. The predicted octanol–water partition coefficient (Wildman–Crippen LogP) is 9.24. The third-order valence-electron chi connectivity index (χ3n) is 9.55. The highest BCUT2D eigenvalue weighted by Gasteiger charge is 2.52. The van der Waals surface area contributed by atoms with Gasteiger partial charge in [-0.25, -0.2) is 9.97 Å². The monoisotopic (exact) mass is 584 g/mol. The van der Waals surface area contributed by atoms with Gasteiger partial charge in [-0.2, -0.15) is 0 Å². The van der Waals surface area contributed by atoms with Crippen LogP contribution in [0.15, 0.2) is 127 Å². The molecule has 4 nitrogen and oxygen atoms in total. The second kappa shape index (κ2) is 10.4. The lowest BCUT2D eigenvalue weighted by Gasteiger charge is -2.32. The molecule has 1 fully saturated rings. The van der Waals surface area contributed by atoms with Gasteiger partial charge in [0.1, 0.15) is 0 Å². The van der Waals surface area contributed by atoms with Crippen molar-refractivity contribution in [1.82, 2.24) is 9.97 Å². The minimum Gasteiger partial charge on any atom is -0.399 e. The molecule has 0 bridgehead atoms. The highest BCUT2D eigenvalue weighted by atomic mass is 16.7. The van der Waals surface area contributed by atoms with Crippen molar-refractivity contribution < 1.29 is 9.31 Å². The minimum atomic E-state index is -0.412. The van der Waals surface area contributed by atoms with E-state index in [1.165, 1.54) is 10.9 Å². The van der Waals surface area contributed by atoms with E-state index >= 15 is 0 Å². The van der Waals surface area contributed by atoms with Crippen LogP contribution >= 0.6 is 0 Å². The van der Waals surface area contributed by atoms with Crippen LogP contribution < -0.4 is 5.46 Å². The minimum absolute atomic E-state index is 0.392. The Kier molecular flexibility index (Phi) is 6.38. The molecule has 0 spiro atoms. The van der Waals surface area contributed by atoms with Gasteiger partial charge in [0.05, 0.1) is 33.6 Å². The van der Waals surface area contributed by atoms with Gasteiger partial charge in [0, 0.05) is 21.9 Å². The van der Waals surface area contributed by atoms with Crippen LogP contribution in [0.2, 0.25) is 0 Å². The molecule has 8 rings (SSSR count). The van der Waals surface area contributed by atoms with E-state index in [9.17, 15) is 0 Å². The molecule has 45 heavy (non-hydrogen) atoms. The van der Waals surface area contributed by atoms with Crippen molar-refractivity contribution in [3.05, 3.63) is 127 Å². The van der Waals surface area contributed by atoms with Crippen molar-refractivity contribution in [2.75, 3.05) is 0 Å². The van der Waals surface area contributed by atoms with Crippen LogP contribution in [-0.2, 0) is 9.31 Å². The molecule has 5 aromatic carbocycles. The Balaban J connectivity index is 1.16. The third-order valence-corrected chi connectivity index (χ3v) is 9.55. The quantitative estimate of drug-likeness (QED) is 0.153. The number of rotatable bonds is 4. The average molecular weight is 585 g/mol. The smallest absolute Gasteiger partial charge is 0.399 e. The lowest BCUT2D eigenvalue weighted by Crippen LogP contribution is -2.41. The Morgan fingerprint density at radius 3 is 1.56 bits per heavy atom. The largest absolute Gasteiger partial charge is 0.495 e. The standard InChI is InChI=1S/C40H33BN2O2/c1-39(2)40(3,4)45-41(44-39)34-23-22-31(32-12-8-9-13-33(32)34)26-14-16-28(17-15-26)36-25-21-30-19-18-29-20-24-35(27-10-6-5-7-11-27)42-37(29)38(30)43-36/h5-25H,1-4H3.